The van der Waals surface area contributed by atoms with Gasteiger partial charge in [0, 0.05) is 23.6 Å². The molecule has 0 atom stereocenters. The number of nitrogen functional groups attached to an aromatic ring is 1. The van der Waals surface area contributed by atoms with Gasteiger partial charge in [-0.05, 0) is 37.8 Å². The SMILES string of the molecule is Nc1c(-c2cc(F)cc(F)c2)nc(C2CC2)n1C1CC1. The number of imidazole rings is 1. The molecule has 4 rings (SSSR count). The number of aromatic nitrogens is 2. The summed E-state index contributed by atoms with van der Waals surface area (Å²) in [7, 11) is 0. The monoisotopic (exact) mass is 275 g/mol. The number of rotatable bonds is 3. The van der Waals surface area contributed by atoms with E-state index in [2.05, 4.69) is 9.55 Å². The molecule has 0 amide bonds. The van der Waals surface area contributed by atoms with E-state index in [1.165, 1.54) is 12.1 Å². The highest BCUT2D eigenvalue weighted by Gasteiger charge is 2.36. The van der Waals surface area contributed by atoms with Gasteiger partial charge in [0.25, 0.3) is 0 Å². The molecule has 20 heavy (non-hydrogen) atoms. The van der Waals surface area contributed by atoms with Crippen LogP contribution in [0.4, 0.5) is 14.6 Å². The normalized spacial score (nSPS) is 18.5. The third-order valence-electron chi connectivity index (χ3n) is 3.97. The van der Waals surface area contributed by atoms with E-state index in [0.717, 1.165) is 37.6 Å². The molecule has 0 saturated heterocycles. The Balaban J connectivity index is 1.87. The van der Waals surface area contributed by atoms with Crippen LogP contribution in [-0.4, -0.2) is 9.55 Å². The fraction of sp³-hybridized carbons (Fsp3) is 0.400. The molecular formula is C15H15F2N3. The van der Waals surface area contributed by atoms with Gasteiger partial charge < -0.3 is 10.3 Å². The van der Waals surface area contributed by atoms with E-state index in [4.69, 9.17) is 5.73 Å². The number of benzene rings is 1. The van der Waals surface area contributed by atoms with Crippen molar-refractivity contribution in [2.45, 2.75) is 37.6 Å². The van der Waals surface area contributed by atoms with Gasteiger partial charge in [-0.25, -0.2) is 13.8 Å². The fourth-order valence-electron chi connectivity index (χ4n) is 2.71. The van der Waals surface area contributed by atoms with Crippen LogP contribution in [0.5, 0.6) is 0 Å². The van der Waals surface area contributed by atoms with Crippen LogP contribution in [0.3, 0.4) is 0 Å². The molecule has 3 nitrogen and oxygen atoms in total. The van der Waals surface area contributed by atoms with E-state index >= 15 is 0 Å². The van der Waals surface area contributed by atoms with Crippen molar-refractivity contribution in [3.63, 3.8) is 0 Å². The van der Waals surface area contributed by atoms with Crippen molar-refractivity contribution in [2.75, 3.05) is 5.73 Å². The Kier molecular flexibility index (Phi) is 2.40. The second-order valence-electron chi connectivity index (χ2n) is 5.74. The predicted molar refractivity (Wildman–Crippen MR) is 72.2 cm³/mol. The Bertz CT molecular complexity index is 664. The molecular weight excluding hydrogens is 260 g/mol. The van der Waals surface area contributed by atoms with Crippen LogP contribution in [0.1, 0.15) is 43.5 Å². The maximum atomic E-state index is 13.4. The number of anilines is 1. The number of hydrogen-bond donors (Lipinski definition) is 1. The Morgan fingerprint density at radius 2 is 1.70 bits per heavy atom. The first kappa shape index (κ1) is 11.9. The topological polar surface area (TPSA) is 43.8 Å². The molecule has 0 spiro atoms. The van der Waals surface area contributed by atoms with E-state index in [0.29, 0.717) is 29.0 Å². The largest absolute Gasteiger partial charge is 0.383 e. The Labute approximate surface area is 115 Å². The fourth-order valence-corrected chi connectivity index (χ4v) is 2.71. The van der Waals surface area contributed by atoms with Gasteiger partial charge in [-0.2, -0.15) is 0 Å². The van der Waals surface area contributed by atoms with Gasteiger partial charge in [0.2, 0.25) is 0 Å². The summed E-state index contributed by atoms with van der Waals surface area (Å²) in [5, 5.41) is 0. The number of hydrogen-bond acceptors (Lipinski definition) is 2. The molecule has 0 bridgehead atoms. The summed E-state index contributed by atoms with van der Waals surface area (Å²) in [6, 6.07) is 3.86. The third-order valence-corrected chi connectivity index (χ3v) is 3.97. The second kappa shape index (κ2) is 4.04. The van der Waals surface area contributed by atoms with Crippen molar-refractivity contribution >= 4 is 5.82 Å². The zero-order valence-corrected chi connectivity index (χ0v) is 10.9. The molecule has 2 N–H and O–H groups in total. The van der Waals surface area contributed by atoms with Gasteiger partial charge >= 0.3 is 0 Å². The maximum Gasteiger partial charge on any atom is 0.132 e. The molecule has 2 fully saturated rings. The summed E-state index contributed by atoms with van der Waals surface area (Å²) in [6.45, 7) is 0. The molecule has 1 aromatic heterocycles. The van der Waals surface area contributed by atoms with E-state index in [1.807, 2.05) is 0 Å². The van der Waals surface area contributed by atoms with E-state index in [1.54, 1.807) is 0 Å². The molecule has 5 heteroatoms. The minimum Gasteiger partial charge on any atom is -0.383 e. The van der Waals surface area contributed by atoms with Crippen LogP contribution in [0, 0.1) is 11.6 Å². The van der Waals surface area contributed by atoms with Gasteiger partial charge in [0.15, 0.2) is 0 Å². The van der Waals surface area contributed by atoms with Gasteiger partial charge in [-0.3, -0.25) is 0 Å². The van der Waals surface area contributed by atoms with Crippen molar-refractivity contribution in [2.24, 2.45) is 0 Å². The first-order valence-electron chi connectivity index (χ1n) is 6.97. The molecule has 2 aliphatic carbocycles. The molecule has 2 saturated carbocycles. The zero-order valence-electron chi connectivity index (χ0n) is 10.9. The van der Waals surface area contributed by atoms with Crippen LogP contribution in [0.15, 0.2) is 18.2 Å². The van der Waals surface area contributed by atoms with Gasteiger partial charge in [-0.1, -0.05) is 0 Å². The summed E-state index contributed by atoms with van der Waals surface area (Å²) >= 11 is 0. The summed E-state index contributed by atoms with van der Waals surface area (Å²) in [5.41, 5.74) is 7.13. The van der Waals surface area contributed by atoms with E-state index in [-0.39, 0.29) is 0 Å². The molecule has 1 aromatic carbocycles. The molecule has 1 heterocycles. The molecule has 0 aliphatic heterocycles. The summed E-state index contributed by atoms with van der Waals surface area (Å²) in [5.74, 6) is 0.788. The minimum atomic E-state index is -0.603. The average molecular weight is 275 g/mol. The van der Waals surface area contributed by atoms with Gasteiger partial charge in [0.1, 0.15) is 29.0 Å². The van der Waals surface area contributed by atoms with Crippen LogP contribution in [0.25, 0.3) is 11.3 Å². The number of nitrogens with zero attached hydrogens (tertiary/aromatic N) is 2. The predicted octanol–water partition coefficient (Wildman–Crippen LogP) is 3.62. The molecule has 2 aliphatic rings. The highest BCUT2D eigenvalue weighted by Crippen LogP contribution is 2.48. The Morgan fingerprint density at radius 3 is 2.25 bits per heavy atom. The highest BCUT2D eigenvalue weighted by molar-refractivity contribution is 5.71. The quantitative estimate of drug-likeness (QED) is 0.929. The minimum absolute atomic E-state index is 0.418. The standard InChI is InChI=1S/C15H15F2N3/c16-10-5-9(6-11(17)7-10)13-14(18)20(12-3-4-12)15(19-13)8-1-2-8/h5-8,12H,1-4,18H2. The van der Waals surface area contributed by atoms with Crippen molar-refractivity contribution in [3.05, 3.63) is 35.7 Å². The van der Waals surface area contributed by atoms with E-state index in [9.17, 15) is 8.78 Å². The Morgan fingerprint density at radius 1 is 1.05 bits per heavy atom. The number of nitrogens with two attached hydrogens (primary N) is 1. The number of halogens is 2. The average Bonchev–Trinajstić information content (AvgIpc) is 3.26. The maximum absolute atomic E-state index is 13.4. The van der Waals surface area contributed by atoms with E-state index < -0.39 is 11.6 Å². The van der Waals surface area contributed by atoms with Crippen LogP contribution in [0.2, 0.25) is 0 Å². The second-order valence-corrected chi connectivity index (χ2v) is 5.74. The first-order valence-corrected chi connectivity index (χ1v) is 6.97. The molecule has 2 aromatic rings. The van der Waals surface area contributed by atoms with Crippen LogP contribution >= 0.6 is 0 Å². The van der Waals surface area contributed by atoms with Crippen molar-refractivity contribution in [1.29, 1.82) is 0 Å². The smallest absolute Gasteiger partial charge is 0.132 e. The lowest BCUT2D eigenvalue weighted by Crippen LogP contribution is -2.04. The molecule has 0 unspecified atom stereocenters. The third kappa shape index (κ3) is 1.88. The van der Waals surface area contributed by atoms with Crippen molar-refractivity contribution in [1.82, 2.24) is 9.55 Å². The van der Waals surface area contributed by atoms with Crippen molar-refractivity contribution in [3.8, 4) is 11.3 Å². The highest BCUT2D eigenvalue weighted by atomic mass is 19.1. The summed E-state index contributed by atoms with van der Waals surface area (Å²) in [4.78, 5) is 4.59. The summed E-state index contributed by atoms with van der Waals surface area (Å²) < 4.78 is 28.8. The first-order chi connectivity index (χ1) is 9.63. The van der Waals surface area contributed by atoms with Crippen LogP contribution in [-0.2, 0) is 0 Å². The van der Waals surface area contributed by atoms with Gasteiger partial charge in [0.05, 0.1) is 0 Å². The lowest BCUT2D eigenvalue weighted by atomic mass is 10.1. The van der Waals surface area contributed by atoms with Gasteiger partial charge in [-0.15, -0.1) is 0 Å². The van der Waals surface area contributed by atoms with Crippen molar-refractivity contribution < 1.29 is 8.78 Å². The van der Waals surface area contributed by atoms with Crippen LogP contribution < -0.4 is 5.73 Å². The molecule has 104 valence electrons. The lowest BCUT2D eigenvalue weighted by Gasteiger charge is -2.07. The lowest BCUT2D eigenvalue weighted by molar-refractivity contribution is 0.584. The summed E-state index contributed by atoms with van der Waals surface area (Å²) in [6.07, 6.45) is 4.47. The Hall–Kier alpha value is -1.91. The zero-order chi connectivity index (χ0) is 13.9. The molecule has 0 radical (unpaired) electrons.